The fraction of sp³-hybridized carbons (Fsp3) is 0.545. The lowest BCUT2D eigenvalue weighted by Crippen LogP contribution is -2.37. The highest BCUT2D eigenvalue weighted by atomic mass is 19.1. The number of ether oxygens (including phenoxy) is 2. The van der Waals surface area contributed by atoms with Gasteiger partial charge >= 0.3 is 0 Å². The summed E-state index contributed by atoms with van der Waals surface area (Å²) in [5, 5.41) is 19.9. The molecule has 0 amide bonds. The zero-order chi connectivity index (χ0) is 15.1. The van der Waals surface area contributed by atoms with Crippen LogP contribution < -0.4 is 5.73 Å². The number of aliphatic hydroxyl groups excluding tert-OH is 2. The zero-order valence-electron chi connectivity index (χ0n) is 11.0. The van der Waals surface area contributed by atoms with Crippen LogP contribution in [0.15, 0.2) is 12.7 Å². The summed E-state index contributed by atoms with van der Waals surface area (Å²) >= 11 is 0. The van der Waals surface area contributed by atoms with Crippen molar-refractivity contribution in [3.63, 3.8) is 0 Å². The smallest absolute Gasteiger partial charge is 0.227 e. The first-order valence-corrected chi connectivity index (χ1v) is 6.16. The maximum atomic E-state index is 13.6. The summed E-state index contributed by atoms with van der Waals surface area (Å²) in [4.78, 5) is 11.8. The Kier molecular flexibility index (Phi) is 3.45. The predicted octanol–water partition coefficient (Wildman–Crippen LogP) is -1.03. The number of aromatic nitrogens is 4. The number of methoxy groups -OCH3 is 1. The Morgan fingerprint density at radius 2 is 2.14 bits per heavy atom. The maximum absolute atomic E-state index is 13.6. The number of halogens is 1. The molecule has 1 unspecified atom stereocenters. The Bertz CT molecular complexity index is 653. The number of hydrogen-bond donors (Lipinski definition) is 3. The van der Waals surface area contributed by atoms with Crippen molar-refractivity contribution in [2.45, 2.75) is 30.9 Å². The van der Waals surface area contributed by atoms with Gasteiger partial charge in [-0.05, 0) is 0 Å². The van der Waals surface area contributed by atoms with Gasteiger partial charge in [0.05, 0.1) is 6.33 Å². The fourth-order valence-electron chi connectivity index (χ4n) is 2.32. The van der Waals surface area contributed by atoms with Crippen molar-refractivity contribution in [3.8, 4) is 0 Å². The molecule has 9 nitrogen and oxygen atoms in total. The highest BCUT2D eigenvalue weighted by molar-refractivity contribution is 5.81. The minimum atomic E-state index is -1.87. The number of nitrogen functional groups attached to an aromatic ring is 1. The Morgan fingerprint density at radius 3 is 2.86 bits per heavy atom. The van der Waals surface area contributed by atoms with Gasteiger partial charge in [-0.15, -0.1) is 0 Å². The highest BCUT2D eigenvalue weighted by Crippen LogP contribution is 2.34. The number of imidazole rings is 1. The number of rotatable bonds is 3. The molecule has 2 aromatic rings. The molecule has 21 heavy (non-hydrogen) atoms. The summed E-state index contributed by atoms with van der Waals surface area (Å²) in [6, 6.07) is 0. The molecular formula is C11H14FN5O4. The van der Waals surface area contributed by atoms with Crippen LogP contribution in [0.2, 0.25) is 0 Å². The predicted molar refractivity (Wildman–Crippen MR) is 67.6 cm³/mol. The molecule has 0 bridgehead atoms. The minimum Gasteiger partial charge on any atom is -0.387 e. The molecule has 2 aromatic heterocycles. The molecule has 10 heteroatoms. The van der Waals surface area contributed by atoms with E-state index in [1.165, 1.54) is 17.2 Å². The third-order valence-electron chi connectivity index (χ3n) is 3.42. The summed E-state index contributed by atoms with van der Waals surface area (Å²) in [7, 11) is 1.14. The van der Waals surface area contributed by atoms with Gasteiger partial charge in [0.25, 0.3) is 0 Å². The summed E-state index contributed by atoms with van der Waals surface area (Å²) in [6.45, 7) is 0. The van der Waals surface area contributed by atoms with Crippen LogP contribution in [0.4, 0.5) is 10.2 Å². The van der Waals surface area contributed by atoms with E-state index in [0.717, 1.165) is 7.11 Å². The summed E-state index contributed by atoms with van der Waals surface area (Å²) in [6.07, 6.45) is -4.48. The normalized spacial score (nSPS) is 30.9. The minimum absolute atomic E-state index is 0.170. The molecule has 0 spiro atoms. The Labute approximate surface area is 118 Å². The fourth-order valence-corrected chi connectivity index (χ4v) is 2.32. The number of hydrogen-bond acceptors (Lipinski definition) is 8. The number of fused-ring (bicyclic) bond motifs is 1. The first kappa shape index (κ1) is 14.1. The Hall–Kier alpha value is -1.88. The molecule has 4 N–H and O–H groups in total. The molecule has 1 saturated heterocycles. The molecule has 1 fully saturated rings. The molecule has 0 aromatic carbocycles. The summed E-state index contributed by atoms with van der Waals surface area (Å²) in [5.74, 6) is 0.170. The molecule has 3 heterocycles. The number of nitrogens with two attached hydrogens (primary N) is 1. The van der Waals surface area contributed by atoms with E-state index in [1.807, 2.05) is 0 Å². The van der Waals surface area contributed by atoms with E-state index < -0.39 is 30.9 Å². The van der Waals surface area contributed by atoms with Gasteiger partial charge in [0, 0.05) is 7.11 Å². The molecule has 0 aliphatic carbocycles. The molecule has 0 radical (unpaired) electrons. The zero-order valence-corrected chi connectivity index (χ0v) is 11.0. The first-order chi connectivity index (χ1) is 10.0. The van der Waals surface area contributed by atoms with Gasteiger partial charge in [0.15, 0.2) is 17.7 Å². The van der Waals surface area contributed by atoms with E-state index in [2.05, 4.69) is 19.7 Å². The third-order valence-corrected chi connectivity index (χ3v) is 3.42. The average Bonchev–Trinajstić information content (AvgIpc) is 3.02. The van der Waals surface area contributed by atoms with Gasteiger partial charge in [0.2, 0.25) is 6.36 Å². The van der Waals surface area contributed by atoms with Crippen molar-refractivity contribution in [1.82, 2.24) is 19.5 Å². The monoisotopic (exact) mass is 299 g/mol. The second kappa shape index (κ2) is 5.15. The SMILES string of the molecule is COC(F)[C@H]1O[C@@H](n2cnc3c(N)ncnc32)[C@@H](O)[C@@H]1O. The van der Waals surface area contributed by atoms with Crippen molar-refractivity contribution in [2.24, 2.45) is 0 Å². The van der Waals surface area contributed by atoms with Gasteiger partial charge in [-0.1, -0.05) is 0 Å². The standard InChI is InChI=1S/C11H14FN5O4/c1-20-8(12)7-5(18)6(19)11(21-7)17-3-16-4-9(13)14-2-15-10(4)17/h2-3,5-8,11,18-19H,1H3,(H2,13,14,15)/t5-,6-,7-,8?,11+/m0/s1. The lowest BCUT2D eigenvalue weighted by atomic mass is 10.1. The number of aliphatic hydroxyl groups is 2. The van der Waals surface area contributed by atoms with Crippen molar-refractivity contribution in [3.05, 3.63) is 12.7 Å². The van der Waals surface area contributed by atoms with Crippen LogP contribution in [0.5, 0.6) is 0 Å². The lowest BCUT2D eigenvalue weighted by Gasteiger charge is -2.17. The molecule has 5 atom stereocenters. The van der Waals surface area contributed by atoms with E-state index in [4.69, 9.17) is 10.5 Å². The van der Waals surface area contributed by atoms with E-state index in [1.54, 1.807) is 0 Å². The lowest BCUT2D eigenvalue weighted by molar-refractivity contribution is -0.145. The van der Waals surface area contributed by atoms with Crippen LogP contribution >= 0.6 is 0 Å². The highest BCUT2D eigenvalue weighted by Gasteiger charge is 2.48. The largest absolute Gasteiger partial charge is 0.387 e. The quantitative estimate of drug-likeness (QED) is 0.656. The van der Waals surface area contributed by atoms with Crippen molar-refractivity contribution in [1.29, 1.82) is 0 Å². The van der Waals surface area contributed by atoms with Crippen molar-refractivity contribution >= 4 is 17.0 Å². The van der Waals surface area contributed by atoms with E-state index in [0.29, 0.717) is 11.2 Å². The Morgan fingerprint density at radius 1 is 1.38 bits per heavy atom. The van der Waals surface area contributed by atoms with Crippen LogP contribution in [0.3, 0.4) is 0 Å². The number of anilines is 1. The van der Waals surface area contributed by atoms with E-state index in [-0.39, 0.29) is 5.82 Å². The molecule has 1 aliphatic rings. The van der Waals surface area contributed by atoms with Crippen LogP contribution in [0.25, 0.3) is 11.2 Å². The Balaban J connectivity index is 1.98. The summed E-state index contributed by atoms with van der Waals surface area (Å²) < 4.78 is 24.8. The molecule has 1 aliphatic heterocycles. The van der Waals surface area contributed by atoms with Gasteiger partial charge in [-0.3, -0.25) is 4.57 Å². The van der Waals surface area contributed by atoms with Gasteiger partial charge in [-0.2, -0.15) is 0 Å². The van der Waals surface area contributed by atoms with Gasteiger partial charge in [-0.25, -0.2) is 19.3 Å². The molecule has 114 valence electrons. The molecular weight excluding hydrogens is 285 g/mol. The third kappa shape index (κ3) is 2.12. The number of alkyl halides is 1. The van der Waals surface area contributed by atoms with Gasteiger partial charge in [0.1, 0.15) is 30.2 Å². The van der Waals surface area contributed by atoms with Crippen molar-refractivity contribution < 1.29 is 24.1 Å². The molecule has 0 saturated carbocycles. The topological polar surface area (TPSA) is 129 Å². The van der Waals surface area contributed by atoms with Crippen LogP contribution in [-0.2, 0) is 9.47 Å². The van der Waals surface area contributed by atoms with Crippen LogP contribution in [-0.4, -0.2) is 61.5 Å². The average molecular weight is 299 g/mol. The first-order valence-electron chi connectivity index (χ1n) is 6.16. The van der Waals surface area contributed by atoms with E-state index in [9.17, 15) is 14.6 Å². The number of nitrogens with zero attached hydrogens (tertiary/aromatic N) is 4. The second-order valence-electron chi connectivity index (χ2n) is 4.64. The van der Waals surface area contributed by atoms with Gasteiger partial charge < -0.3 is 25.4 Å². The molecule has 3 rings (SSSR count). The maximum Gasteiger partial charge on any atom is 0.227 e. The second-order valence-corrected chi connectivity index (χ2v) is 4.64. The van der Waals surface area contributed by atoms with E-state index >= 15 is 0 Å². The van der Waals surface area contributed by atoms with Crippen LogP contribution in [0.1, 0.15) is 6.23 Å². The van der Waals surface area contributed by atoms with Crippen molar-refractivity contribution in [2.75, 3.05) is 12.8 Å². The summed E-state index contributed by atoms with van der Waals surface area (Å²) in [5.41, 5.74) is 6.31. The van der Waals surface area contributed by atoms with Crippen LogP contribution in [0, 0.1) is 0 Å².